The van der Waals surface area contributed by atoms with Gasteiger partial charge in [0.05, 0.1) is 0 Å². The molecule has 1 aliphatic heterocycles. The largest absolute Gasteiger partial charge is 0.417 e. The van der Waals surface area contributed by atoms with Crippen LogP contribution in [0.1, 0.15) is 25.7 Å². The van der Waals surface area contributed by atoms with E-state index in [1.807, 2.05) is 0 Å². The van der Waals surface area contributed by atoms with Gasteiger partial charge >= 0.3 is 12.1 Å². The van der Waals surface area contributed by atoms with Crippen LogP contribution in [0.15, 0.2) is 12.7 Å². The lowest BCUT2D eigenvalue weighted by Crippen LogP contribution is -2.30. The maximum Gasteiger partial charge on any atom is 0.417 e. The van der Waals surface area contributed by atoms with Crippen molar-refractivity contribution in [2.75, 3.05) is 13.1 Å². The number of carbonyl (C=O) groups excluding carboxylic acids is 2. The minimum Gasteiger partial charge on any atom is -0.376 e. The molecule has 0 aromatic rings. The Kier molecular flexibility index (Phi) is 4.16. The third kappa shape index (κ3) is 3.20. The van der Waals surface area contributed by atoms with Gasteiger partial charge in [-0.2, -0.15) is 0 Å². The summed E-state index contributed by atoms with van der Waals surface area (Å²) in [5.74, 6) is -0.471. The normalized spacial score (nSPS) is 15.3. The van der Waals surface area contributed by atoms with E-state index in [1.54, 1.807) is 11.0 Å². The predicted octanol–water partition coefficient (Wildman–Crippen LogP) is 1.71. The molecular formula is C10H15NO3. The monoisotopic (exact) mass is 197 g/mol. The van der Waals surface area contributed by atoms with Crippen molar-refractivity contribution in [3.8, 4) is 0 Å². The van der Waals surface area contributed by atoms with Gasteiger partial charge in [0.2, 0.25) is 0 Å². The Morgan fingerprint density at radius 3 is 2.57 bits per heavy atom. The van der Waals surface area contributed by atoms with E-state index in [1.165, 1.54) is 0 Å². The molecule has 14 heavy (non-hydrogen) atoms. The lowest BCUT2D eigenvalue weighted by Gasteiger charge is -2.13. The highest BCUT2D eigenvalue weighted by atomic mass is 16.6. The van der Waals surface area contributed by atoms with Gasteiger partial charge in [-0.3, -0.25) is 4.79 Å². The molecule has 78 valence electrons. The van der Waals surface area contributed by atoms with E-state index in [-0.39, 0.29) is 6.42 Å². The highest BCUT2D eigenvalue weighted by Crippen LogP contribution is 2.09. The van der Waals surface area contributed by atoms with Gasteiger partial charge in [-0.25, -0.2) is 4.79 Å². The van der Waals surface area contributed by atoms with E-state index in [9.17, 15) is 9.59 Å². The highest BCUT2D eigenvalue weighted by molar-refractivity contribution is 5.84. The molecule has 0 aliphatic carbocycles. The van der Waals surface area contributed by atoms with Crippen LogP contribution in [0, 0.1) is 0 Å². The van der Waals surface area contributed by atoms with Crippen LogP contribution in [0.5, 0.6) is 0 Å². The molecule has 0 spiro atoms. The quantitative estimate of drug-likeness (QED) is 0.393. The Bertz CT molecular complexity index is 232. The second kappa shape index (κ2) is 5.42. The number of hydrogen-bond donors (Lipinski definition) is 0. The number of carbonyl (C=O) groups is 2. The lowest BCUT2D eigenvalue weighted by atomic mass is 10.3. The highest BCUT2D eigenvalue weighted by Gasteiger charge is 2.21. The summed E-state index contributed by atoms with van der Waals surface area (Å²) in [6.45, 7) is 4.89. The van der Waals surface area contributed by atoms with Crippen molar-refractivity contribution in [1.29, 1.82) is 0 Å². The van der Waals surface area contributed by atoms with Crippen LogP contribution in [0.2, 0.25) is 0 Å². The topological polar surface area (TPSA) is 46.6 Å². The third-order valence-electron chi connectivity index (χ3n) is 2.12. The second-order valence-electron chi connectivity index (χ2n) is 3.26. The Balaban J connectivity index is 2.24. The molecule has 0 atom stereocenters. The molecule has 0 saturated carbocycles. The number of likely N-dealkylation sites (tertiary alicyclic amines) is 1. The van der Waals surface area contributed by atoms with Crippen LogP contribution in [0.3, 0.4) is 0 Å². The first-order valence-electron chi connectivity index (χ1n) is 4.84. The molecule has 1 rings (SSSR count). The first kappa shape index (κ1) is 10.8. The summed E-state index contributed by atoms with van der Waals surface area (Å²) in [5, 5.41) is 0. The first-order valence-corrected chi connectivity index (χ1v) is 4.84. The molecule has 0 bridgehead atoms. The van der Waals surface area contributed by atoms with Crippen LogP contribution >= 0.6 is 0 Å². The van der Waals surface area contributed by atoms with Crippen LogP contribution < -0.4 is 0 Å². The Hall–Kier alpha value is -1.32. The predicted molar refractivity (Wildman–Crippen MR) is 51.7 cm³/mol. The van der Waals surface area contributed by atoms with Gasteiger partial charge in [-0.1, -0.05) is 6.08 Å². The zero-order valence-corrected chi connectivity index (χ0v) is 8.20. The van der Waals surface area contributed by atoms with Crippen molar-refractivity contribution in [2.24, 2.45) is 0 Å². The molecule has 0 radical (unpaired) electrons. The average Bonchev–Trinajstić information content (AvgIpc) is 2.67. The van der Waals surface area contributed by atoms with E-state index in [2.05, 4.69) is 11.3 Å². The summed E-state index contributed by atoms with van der Waals surface area (Å²) < 4.78 is 4.64. The Morgan fingerprint density at radius 2 is 2.00 bits per heavy atom. The zero-order chi connectivity index (χ0) is 10.4. The zero-order valence-electron chi connectivity index (χ0n) is 8.20. The van der Waals surface area contributed by atoms with Gasteiger partial charge < -0.3 is 9.64 Å². The molecule has 0 unspecified atom stereocenters. The average molecular weight is 197 g/mol. The maximum absolute atomic E-state index is 11.3. The first-order chi connectivity index (χ1) is 6.74. The van der Waals surface area contributed by atoms with Crippen LogP contribution in [0.4, 0.5) is 4.79 Å². The van der Waals surface area contributed by atoms with Crippen molar-refractivity contribution in [3.63, 3.8) is 0 Å². The summed E-state index contributed by atoms with van der Waals surface area (Å²) in [6, 6.07) is 0. The number of nitrogens with zero attached hydrogens (tertiary/aromatic N) is 1. The van der Waals surface area contributed by atoms with Crippen LogP contribution in [-0.2, 0) is 9.53 Å². The Labute approximate surface area is 83.5 Å². The number of esters is 1. The fraction of sp³-hybridized carbons (Fsp3) is 0.600. The number of ether oxygens (including phenoxy) is 1. The summed E-state index contributed by atoms with van der Waals surface area (Å²) in [5.41, 5.74) is 0. The van der Waals surface area contributed by atoms with Crippen LogP contribution in [0.25, 0.3) is 0 Å². The van der Waals surface area contributed by atoms with E-state index in [0.717, 1.165) is 12.8 Å². The minimum absolute atomic E-state index is 0.225. The van der Waals surface area contributed by atoms with Crippen molar-refractivity contribution in [2.45, 2.75) is 25.7 Å². The van der Waals surface area contributed by atoms with E-state index < -0.39 is 12.1 Å². The van der Waals surface area contributed by atoms with E-state index >= 15 is 0 Å². The molecule has 1 heterocycles. The molecule has 1 saturated heterocycles. The van der Waals surface area contributed by atoms with Gasteiger partial charge in [-0.15, -0.1) is 6.58 Å². The molecule has 1 aliphatic rings. The van der Waals surface area contributed by atoms with Crippen LogP contribution in [-0.4, -0.2) is 30.1 Å². The number of hydrogen-bond acceptors (Lipinski definition) is 3. The molecule has 0 N–H and O–H groups in total. The van der Waals surface area contributed by atoms with E-state index in [4.69, 9.17) is 0 Å². The van der Waals surface area contributed by atoms with Gasteiger partial charge in [0.15, 0.2) is 0 Å². The molecule has 4 heteroatoms. The van der Waals surface area contributed by atoms with Crippen molar-refractivity contribution < 1.29 is 14.3 Å². The van der Waals surface area contributed by atoms with E-state index in [0.29, 0.717) is 19.5 Å². The fourth-order valence-corrected chi connectivity index (χ4v) is 1.33. The maximum atomic E-state index is 11.3. The van der Waals surface area contributed by atoms with Gasteiger partial charge in [-0.05, 0) is 19.3 Å². The minimum atomic E-state index is -0.503. The van der Waals surface area contributed by atoms with Gasteiger partial charge in [0, 0.05) is 19.5 Å². The van der Waals surface area contributed by atoms with Crippen molar-refractivity contribution in [1.82, 2.24) is 4.90 Å². The third-order valence-corrected chi connectivity index (χ3v) is 2.12. The SMILES string of the molecule is C=CCCC(=O)OC(=O)N1CCCC1. The molecule has 4 nitrogen and oxygen atoms in total. The summed E-state index contributed by atoms with van der Waals surface area (Å²) in [6.07, 6.45) is 3.89. The van der Waals surface area contributed by atoms with Gasteiger partial charge in [0.1, 0.15) is 0 Å². The number of amides is 1. The molecule has 1 amide bonds. The molecule has 0 aromatic heterocycles. The van der Waals surface area contributed by atoms with Gasteiger partial charge in [0.25, 0.3) is 0 Å². The number of rotatable bonds is 3. The molecule has 1 fully saturated rings. The fourth-order valence-electron chi connectivity index (χ4n) is 1.33. The summed E-state index contributed by atoms with van der Waals surface area (Å²) >= 11 is 0. The summed E-state index contributed by atoms with van der Waals surface area (Å²) in [4.78, 5) is 23.9. The standard InChI is InChI=1S/C10H15NO3/c1-2-3-6-9(12)14-10(13)11-7-4-5-8-11/h2H,1,3-8H2. The number of allylic oxidation sites excluding steroid dienone is 1. The smallest absolute Gasteiger partial charge is 0.376 e. The van der Waals surface area contributed by atoms with Crippen molar-refractivity contribution in [3.05, 3.63) is 12.7 Å². The Morgan fingerprint density at radius 1 is 1.36 bits per heavy atom. The van der Waals surface area contributed by atoms with Crippen molar-refractivity contribution >= 4 is 12.1 Å². The lowest BCUT2D eigenvalue weighted by molar-refractivity contribution is -0.138. The summed E-state index contributed by atoms with van der Waals surface area (Å²) in [7, 11) is 0. The molecular weight excluding hydrogens is 182 g/mol. The second-order valence-corrected chi connectivity index (χ2v) is 3.26. The molecule has 0 aromatic carbocycles.